The summed E-state index contributed by atoms with van der Waals surface area (Å²) in [5.41, 5.74) is 9.42. The Morgan fingerprint density at radius 1 is 1.37 bits per heavy atom. The van der Waals surface area contributed by atoms with Gasteiger partial charge >= 0.3 is 0 Å². The number of amides is 1. The number of hydrogen-bond acceptors (Lipinski definition) is 8. The predicted molar refractivity (Wildman–Crippen MR) is 116 cm³/mol. The lowest BCUT2D eigenvalue weighted by Crippen LogP contribution is -2.55. The van der Waals surface area contributed by atoms with Crippen LogP contribution in [0.3, 0.4) is 0 Å². The number of halogens is 1. The highest BCUT2D eigenvalue weighted by Crippen LogP contribution is 2.41. The van der Waals surface area contributed by atoms with Crippen molar-refractivity contribution >= 4 is 39.5 Å². The molecule has 0 saturated heterocycles. The summed E-state index contributed by atoms with van der Waals surface area (Å²) in [5.74, 6) is -1.15. The van der Waals surface area contributed by atoms with Crippen LogP contribution in [0.5, 0.6) is 0 Å². The average Bonchev–Trinajstić information content (AvgIpc) is 2.70. The maximum absolute atomic E-state index is 14.3. The maximum atomic E-state index is 14.3. The Hall–Kier alpha value is -1.32. The summed E-state index contributed by atoms with van der Waals surface area (Å²) < 4.78 is 44.3. The van der Waals surface area contributed by atoms with Gasteiger partial charge in [0, 0.05) is 33.8 Å². The maximum Gasteiger partial charge on any atom is 0.269 e. The molecule has 0 aliphatic heterocycles. The number of carbonyl (C=O) groups is 1. The van der Waals surface area contributed by atoms with E-state index in [-0.39, 0.29) is 18.7 Å². The zero-order valence-corrected chi connectivity index (χ0v) is 19.0. The van der Waals surface area contributed by atoms with Crippen molar-refractivity contribution in [1.29, 1.82) is 5.26 Å². The van der Waals surface area contributed by atoms with Crippen LogP contribution in [0.4, 0.5) is 4.39 Å². The molecule has 1 amide bonds. The van der Waals surface area contributed by atoms with Gasteiger partial charge < -0.3 is 11.5 Å². The molecular weight excluding hydrogens is 449 g/mol. The van der Waals surface area contributed by atoms with Gasteiger partial charge in [-0.2, -0.15) is 13.7 Å². The Bertz CT molecular complexity index is 892. The quantitative estimate of drug-likeness (QED) is 0.368. The van der Waals surface area contributed by atoms with E-state index in [0.29, 0.717) is 40.7 Å². The molecule has 2 unspecified atom stereocenters. The molecule has 1 aliphatic rings. The summed E-state index contributed by atoms with van der Waals surface area (Å²) in [6.45, 7) is 0.453. The van der Waals surface area contributed by atoms with Gasteiger partial charge in [-0.15, -0.1) is 23.5 Å². The Morgan fingerprint density at radius 3 is 2.77 bits per heavy atom. The highest BCUT2D eigenvalue weighted by atomic mass is 32.2. The molecule has 1 aromatic rings. The van der Waals surface area contributed by atoms with Gasteiger partial charge in [0.2, 0.25) is 0 Å². The normalized spacial score (nSPS) is 21.8. The van der Waals surface area contributed by atoms with Crippen LogP contribution in [0.1, 0.15) is 32.1 Å². The van der Waals surface area contributed by atoms with E-state index in [4.69, 9.17) is 20.9 Å². The van der Waals surface area contributed by atoms with Crippen LogP contribution >= 0.6 is 23.5 Å². The van der Waals surface area contributed by atoms with Crippen molar-refractivity contribution in [2.45, 2.75) is 47.5 Å². The molecule has 0 spiro atoms. The second-order valence-electron chi connectivity index (χ2n) is 6.99. The van der Waals surface area contributed by atoms with Crippen LogP contribution in [0, 0.1) is 23.1 Å². The largest absolute Gasteiger partial charge is 0.367 e. The van der Waals surface area contributed by atoms with Gasteiger partial charge in [0.15, 0.2) is 5.60 Å². The molecule has 1 aliphatic carbocycles. The smallest absolute Gasteiger partial charge is 0.269 e. The van der Waals surface area contributed by atoms with Crippen LogP contribution in [-0.4, -0.2) is 43.7 Å². The summed E-state index contributed by atoms with van der Waals surface area (Å²) in [7, 11) is -4.09. The number of nitriles is 1. The van der Waals surface area contributed by atoms with Crippen molar-refractivity contribution in [1.82, 2.24) is 0 Å². The van der Waals surface area contributed by atoms with E-state index >= 15 is 0 Å². The number of thioether (sulfide) groups is 2. The minimum absolute atomic E-state index is 0.197. The fraction of sp³-hybridized carbons (Fsp3) is 0.579. The fourth-order valence-electron chi connectivity index (χ4n) is 3.40. The first kappa shape index (κ1) is 24.9. The van der Waals surface area contributed by atoms with Crippen LogP contribution in [0.25, 0.3) is 0 Å². The Labute approximate surface area is 185 Å². The summed E-state index contributed by atoms with van der Waals surface area (Å²) >= 11 is 2.67. The number of nitrogens with zero attached hydrogens (tertiary/aromatic N) is 1. The topological polar surface area (TPSA) is 136 Å². The third kappa shape index (κ3) is 6.59. The average molecular weight is 476 g/mol. The molecule has 30 heavy (non-hydrogen) atoms. The van der Waals surface area contributed by atoms with Gasteiger partial charge in [0.1, 0.15) is 5.82 Å². The van der Waals surface area contributed by atoms with Gasteiger partial charge in [0.05, 0.1) is 18.2 Å². The summed E-state index contributed by atoms with van der Waals surface area (Å²) in [6.07, 6.45) is 1.95. The Balaban J connectivity index is 2.16. The van der Waals surface area contributed by atoms with Crippen molar-refractivity contribution in [2.24, 2.45) is 17.4 Å². The SMILES string of the molecule is N#CCCS(=O)(=O)OC1(C(N)=O)CCCCC1CSc1ccc(SCCN)c(F)c1. The summed E-state index contributed by atoms with van der Waals surface area (Å²) in [6, 6.07) is 6.65. The molecule has 1 saturated carbocycles. The second-order valence-corrected chi connectivity index (χ2v) is 10.9. The zero-order chi connectivity index (χ0) is 22.2. The molecule has 0 bridgehead atoms. The molecule has 1 aromatic carbocycles. The number of hydrogen-bond donors (Lipinski definition) is 2. The summed E-state index contributed by atoms with van der Waals surface area (Å²) in [4.78, 5) is 13.5. The number of carbonyl (C=O) groups excluding carboxylic acids is 1. The second kappa shape index (κ2) is 11.3. The van der Waals surface area contributed by atoms with Gasteiger partial charge in [0.25, 0.3) is 16.0 Å². The molecule has 1 fully saturated rings. The lowest BCUT2D eigenvalue weighted by molar-refractivity contribution is -0.140. The minimum Gasteiger partial charge on any atom is -0.367 e. The highest BCUT2D eigenvalue weighted by molar-refractivity contribution is 7.99. The molecule has 0 radical (unpaired) electrons. The Kier molecular flexibility index (Phi) is 9.43. The van der Waals surface area contributed by atoms with Crippen LogP contribution in [-0.2, 0) is 19.1 Å². The van der Waals surface area contributed by atoms with Crippen molar-refractivity contribution in [2.75, 3.05) is 23.8 Å². The molecule has 2 rings (SSSR count). The molecule has 4 N–H and O–H groups in total. The lowest BCUT2D eigenvalue weighted by atomic mass is 9.76. The first-order valence-electron chi connectivity index (χ1n) is 9.59. The summed E-state index contributed by atoms with van der Waals surface area (Å²) in [5, 5.41) is 8.66. The minimum atomic E-state index is -4.09. The number of benzene rings is 1. The van der Waals surface area contributed by atoms with Crippen LogP contribution in [0.2, 0.25) is 0 Å². The molecular formula is C19H26FN3O4S3. The number of nitrogens with two attached hydrogens (primary N) is 2. The van der Waals surface area contributed by atoms with E-state index in [2.05, 4.69) is 0 Å². The van der Waals surface area contributed by atoms with Crippen molar-refractivity contribution < 1.29 is 21.8 Å². The monoisotopic (exact) mass is 475 g/mol. The fourth-order valence-corrected chi connectivity index (χ4v) is 6.46. The van der Waals surface area contributed by atoms with Crippen LogP contribution < -0.4 is 11.5 Å². The first-order chi connectivity index (χ1) is 14.2. The van der Waals surface area contributed by atoms with Gasteiger partial charge in [-0.1, -0.05) is 6.42 Å². The molecule has 7 nitrogen and oxygen atoms in total. The first-order valence-corrected chi connectivity index (χ1v) is 13.1. The van der Waals surface area contributed by atoms with E-state index in [0.717, 1.165) is 6.42 Å². The highest BCUT2D eigenvalue weighted by Gasteiger charge is 2.50. The van der Waals surface area contributed by atoms with Gasteiger partial charge in [-0.25, -0.2) is 4.39 Å². The van der Waals surface area contributed by atoms with E-state index in [9.17, 15) is 17.6 Å². The van der Waals surface area contributed by atoms with Crippen LogP contribution in [0.15, 0.2) is 28.0 Å². The lowest BCUT2D eigenvalue weighted by Gasteiger charge is -2.40. The molecule has 166 valence electrons. The third-order valence-electron chi connectivity index (χ3n) is 4.90. The zero-order valence-electron chi connectivity index (χ0n) is 16.5. The molecule has 0 heterocycles. The van der Waals surface area contributed by atoms with Gasteiger partial charge in [-0.3, -0.25) is 8.98 Å². The van der Waals surface area contributed by atoms with Crippen molar-refractivity contribution in [3.05, 3.63) is 24.0 Å². The van der Waals surface area contributed by atoms with E-state index in [1.165, 1.54) is 29.6 Å². The predicted octanol–water partition coefficient (Wildman–Crippen LogP) is 2.64. The number of rotatable bonds is 11. The number of primary amides is 1. The Morgan fingerprint density at radius 2 is 2.13 bits per heavy atom. The standard InChI is InChI=1S/C19H26FN3O4S3/c20-16-12-15(5-6-17(16)28-10-9-22)29-13-14-4-1-2-7-19(14,18(23)24)27-30(25,26)11-3-8-21/h5-6,12,14H,1-4,7,9-11,13,22H2,(H2,23,24). The molecule has 2 atom stereocenters. The van der Waals surface area contributed by atoms with Crippen molar-refractivity contribution in [3.8, 4) is 6.07 Å². The third-order valence-corrected chi connectivity index (χ3v) is 8.39. The van der Waals surface area contributed by atoms with E-state index in [1.54, 1.807) is 18.2 Å². The van der Waals surface area contributed by atoms with E-state index in [1.807, 2.05) is 0 Å². The molecule has 11 heteroatoms. The van der Waals surface area contributed by atoms with E-state index < -0.39 is 33.3 Å². The van der Waals surface area contributed by atoms with Gasteiger partial charge in [-0.05, 0) is 37.5 Å². The molecule has 0 aromatic heterocycles. The van der Waals surface area contributed by atoms with Crippen molar-refractivity contribution in [3.63, 3.8) is 0 Å².